The normalized spacial score (nSPS) is 12.0. The highest BCUT2D eigenvalue weighted by molar-refractivity contribution is 5.72. The Balaban J connectivity index is 0.000000491. The summed E-state index contributed by atoms with van der Waals surface area (Å²) in [4.78, 5) is 8.89. The average molecular weight is 290 g/mol. The molecule has 1 aromatic carbocycles. The third-order valence-corrected chi connectivity index (χ3v) is 3.08. The Morgan fingerprint density at radius 1 is 1.10 bits per heavy atom. The molecule has 0 atom stereocenters. The van der Waals surface area contributed by atoms with Crippen molar-refractivity contribution < 1.29 is 14.5 Å². The minimum absolute atomic E-state index is 0.107. The third-order valence-electron chi connectivity index (χ3n) is 3.08. The van der Waals surface area contributed by atoms with Crippen LogP contribution in [0.4, 0.5) is 0 Å². The van der Waals surface area contributed by atoms with Crippen LogP contribution in [0.5, 0.6) is 0 Å². The summed E-state index contributed by atoms with van der Waals surface area (Å²) in [5, 5.41) is 8.89. The average Bonchev–Trinajstić information content (AvgIpc) is 2.66. The van der Waals surface area contributed by atoms with E-state index < -0.39 is 5.97 Å². The molecule has 0 unspecified atom stereocenters. The van der Waals surface area contributed by atoms with Gasteiger partial charge in [0.2, 0.25) is 6.33 Å². The summed E-state index contributed by atoms with van der Waals surface area (Å²) in [5.41, 5.74) is 2.82. The Labute approximate surface area is 127 Å². The van der Waals surface area contributed by atoms with Crippen molar-refractivity contribution in [2.75, 3.05) is 0 Å². The summed E-state index contributed by atoms with van der Waals surface area (Å²) in [7, 11) is 0. The molecule has 2 aromatic rings. The molecular formula is C17H26N2O2. The molecule has 0 bridgehead atoms. The van der Waals surface area contributed by atoms with Crippen LogP contribution >= 0.6 is 0 Å². The molecule has 0 amide bonds. The van der Waals surface area contributed by atoms with E-state index in [-0.39, 0.29) is 11.1 Å². The number of rotatable bonds is 0. The maximum atomic E-state index is 8.89. The molecule has 1 aromatic heterocycles. The molecule has 4 heteroatoms. The summed E-state index contributed by atoms with van der Waals surface area (Å²) >= 11 is 0. The number of aliphatic carboxylic acids is 1. The SMILES string of the molecule is CC(=O)[O-].CC(C)(C)n1c[n+](C(C)(C)C)c2ccccc21. The van der Waals surface area contributed by atoms with Crippen LogP contribution in [0.1, 0.15) is 48.5 Å². The predicted molar refractivity (Wildman–Crippen MR) is 82.8 cm³/mol. The number of aromatic nitrogens is 2. The Morgan fingerprint density at radius 3 is 2.00 bits per heavy atom. The number of fused-ring (bicyclic) bond motifs is 1. The van der Waals surface area contributed by atoms with Crippen molar-refractivity contribution in [3.8, 4) is 0 Å². The lowest BCUT2D eigenvalue weighted by Gasteiger charge is -2.16. The molecule has 1 heterocycles. The van der Waals surface area contributed by atoms with E-state index in [1.165, 1.54) is 11.0 Å². The highest BCUT2D eigenvalue weighted by atomic mass is 16.4. The summed E-state index contributed by atoms with van der Waals surface area (Å²) < 4.78 is 4.71. The van der Waals surface area contributed by atoms with E-state index in [9.17, 15) is 0 Å². The first kappa shape index (κ1) is 17.2. The molecule has 21 heavy (non-hydrogen) atoms. The molecule has 0 saturated heterocycles. The van der Waals surface area contributed by atoms with Gasteiger partial charge in [0, 0.05) is 5.97 Å². The van der Waals surface area contributed by atoms with Crippen molar-refractivity contribution in [1.29, 1.82) is 0 Å². The van der Waals surface area contributed by atoms with Gasteiger partial charge in [-0.3, -0.25) is 0 Å². The fraction of sp³-hybridized carbons (Fsp3) is 0.529. The van der Waals surface area contributed by atoms with Crippen molar-refractivity contribution in [3.05, 3.63) is 30.6 Å². The Kier molecular flexibility index (Phi) is 4.82. The lowest BCUT2D eigenvalue weighted by atomic mass is 10.1. The van der Waals surface area contributed by atoms with Crippen molar-refractivity contribution in [1.82, 2.24) is 4.57 Å². The first-order valence-corrected chi connectivity index (χ1v) is 7.15. The van der Waals surface area contributed by atoms with Crippen LogP contribution in [0.15, 0.2) is 30.6 Å². The summed E-state index contributed by atoms with van der Waals surface area (Å²) in [5.74, 6) is -1.08. The van der Waals surface area contributed by atoms with Crippen molar-refractivity contribution in [2.24, 2.45) is 0 Å². The Morgan fingerprint density at radius 2 is 1.57 bits per heavy atom. The number of nitrogens with zero attached hydrogens (tertiary/aromatic N) is 2. The molecule has 0 saturated carbocycles. The van der Waals surface area contributed by atoms with Gasteiger partial charge < -0.3 is 9.90 Å². The first-order chi connectivity index (χ1) is 9.44. The van der Waals surface area contributed by atoms with Crippen LogP contribution in [-0.2, 0) is 15.9 Å². The van der Waals surface area contributed by atoms with Crippen LogP contribution < -0.4 is 9.67 Å². The highest BCUT2D eigenvalue weighted by Crippen LogP contribution is 2.22. The number of carboxylic acids is 1. The minimum Gasteiger partial charge on any atom is -0.550 e. The number of carboxylic acid groups (broad SMARTS) is 1. The summed E-state index contributed by atoms with van der Waals surface area (Å²) in [6, 6.07) is 8.61. The molecule has 0 aliphatic carbocycles. The van der Waals surface area contributed by atoms with Gasteiger partial charge >= 0.3 is 0 Å². The molecule has 0 radical (unpaired) electrons. The van der Waals surface area contributed by atoms with Gasteiger partial charge in [-0.25, -0.2) is 9.13 Å². The first-order valence-electron chi connectivity index (χ1n) is 7.15. The zero-order valence-electron chi connectivity index (χ0n) is 14.1. The molecule has 0 N–H and O–H groups in total. The van der Waals surface area contributed by atoms with E-state index in [4.69, 9.17) is 9.90 Å². The van der Waals surface area contributed by atoms with Crippen LogP contribution in [0.2, 0.25) is 0 Å². The zero-order chi connectivity index (χ0) is 16.4. The van der Waals surface area contributed by atoms with Crippen LogP contribution in [0.3, 0.4) is 0 Å². The van der Waals surface area contributed by atoms with Crippen molar-refractivity contribution >= 4 is 17.0 Å². The van der Waals surface area contributed by atoms with Gasteiger partial charge in [0.05, 0.1) is 0 Å². The van der Waals surface area contributed by atoms with Crippen LogP contribution in [0.25, 0.3) is 11.0 Å². The van der Waals surface area contributed by atoms with Crippen LogP contribution in [-0.4, -0.2) is 10.5 Å². The maximum Gasteiger partial charge on any atom is 0.245 e. The largest absolute Gasteiger partial charge is 0.550 e. The Hall–Kier alpha value is -1.84. The lowest BCUT2D eigenvalue weighted by molar-refractivity contribution is -0.731. The molecular weight excluding hydrogens is 264 g/mol. The highest BCUT2D eigenvalue weighted by Gasteiger charge is 2.29. The smallest absolute Gasteiger partial charge is 0.245 e. The van der Waals surface area contributed by atoms with Crippen molar-refractivity contribution in [2.45, 2.75) is 59.5 Å². The van der Waals surface area contributed by atoms with E-state index in [0.29, 0.717) is 0 Å². The van der Waals surface area contributed by atoms with Gasteiger partial charge in [-0.05, 0) is 60.6 Å². The summed E-state index contributed by atoms with van der Waals surface area (Å²) in [6.45, 7) is 14.4. The van der Waals surface area contributed by atoms with Gasteiger partial charge in [-0.15, -0.1) is 0 Å². The number of hydrogen-bond donors (Lipinski definition) is 0. The Bertz CT molecular complexity index is 576. The maximum absolute atomic E-state index is 8.89. The standard InChI is InChI=1S/C15H23N2.C2H4O2/c1-14(2,3)16-11-17(15(4,5)6)13-10-8-7-9-12(13)16;1-2(3)4/h7-11H,1-6H3;1H3,(H,3,4)/q+1;/p-1. The predicted octanol–water partition coefficient (Wildman–Crippen LogP) is 2.19. The number of hydrogen-bond acceptors (Lipinski definition) is 2. The molecule has 0 aliphatic rings. The van der Waals surface area contributed by atoms with E-state index in [2.05, 4.69) is 81.3 Å². The summed E-state index contributed by atoms with van der Waals surface area (Å²) in [6.07, 6.45) is 2.24. The van der Waals surface area contributed by atoms with Gasteiger partial charge in [0.25, 0.3) is 0 Å². The molecule has 2 rings (SSSR count). The fourth-order valence-electron chi connectivity index (χ4n) is 2.18. The topological polar surface area (TPSA) is 48.9 Å². The molecule has 0 spiro atoms. The number of carbonyl (C=O) groups is 1. The number of para-hydroxylation sites is 2. The van der Waals surface area contributed by atoms with Gasteiger partial charge in [0.1, 0.15) is 11.1 Å². The minimum atomic E-state index is -1.08. The number of imidazole rings is 1. The zero-order valence-corrected chi connectivity index (χ0v) is 14.1. The lowest BCUT2D eigenvalue weighted by Crippen LogP contribution is -2.49. The fourth-order valence-corrected chi connectivity index (χ4v) is 2.18. The number of benzene rings is 1. The molecule has 0 fully saturated rings. The molecule has 116 valence electrons. The monoisotopic (exact) mass is 290 g/mol. The van der Waals surface area contributed by atoms with Crippen molar-refractivity contribution in [3.63, 3.8) is 0 Å². The van der Waals surface area contributed by atoms with E-state index in [1.54, 1.807) is 0 Å². The molecule has 4 nitrogen and oxygen atoms in total. The van der Waals surface area contributed by atoms with E-state index in [1.807, 2.05) is 0 Å². The third kappa shape index (κ3) is 4.31. The van der Waals surface area contributed by atoms with Gasteiger partial charge in [0.15, 0.2) is 11.0 Å². The quantitative estimate of drug-likeness (QED) is 0.698. The van der Waals surface area contributed by atoms with Crippen LogP contribution in [0, 0.1) is 0 Å². The van der Waals surface area contributed by atoms with Gasteiger partial charge in [-0.2, -0.15) is 0 Å². The molecule has 0 aliphatic heterocycles. The number of carbonyl (C=O) groups excluding carboxylic acids is 1. The van der Waals surface area contributed by atoms with E-state index >= 15 is 0 Å². The second-order valence-corrected chi connectivity index (χ2v) is 7.18. The van der Waals surface area contributed by atoms with Gasteiger partial charge in [-0.1, -0.05) is 12.1 Å². The van der Waals surface area contributed by atoms with E-state index in [0.717, 1.165) is 6.92 Å². The second-order valence-electron chi connectivity index (χ2n) is 7.18. The second kappa shape index (κ2) is 5.88.